The van der Waals surface area contributed by atoms with Crippen molar-refractivity contribution in [3.05, 3.63) is 47.5 Å². The zero-order valence-corrected chi connectivity index (χ0v) is 18.8. The molecule has 0 spiro atoms. The lowest BCUT2D eigenvalue weighted by Crippen LogP contribution is -2.43. The fourth-order valence-corrected chi connectivity index (χ4v) is 4.34. The second-order valence-electron chi connectivity index (χ2n) is 8.76. The number of piperidine rings is 1. The molecule has 1 atom stereocenters. The Labute approximate surface area is 183 Å². The number of carbonyl (C=O) groups excluding carboxylic acids is 1. The summed E-state index contributed by atoms with van der Waals surface area (Å²) in [6, 6.07) is 10.1. The van der Waals surface area contributed by atoms with Gasteiger partial charge < -0.3 is 9.32 Å². The molecule has 164 valence electrons. The van der Waals surface area contributed by atoms with Crippen molar-refractivity contribution in [3.63, 3.8) is 0 Å². The highest BCUT2D eigenvalue weighted by Crippen LogP contribution is 2.25. The number of aromatic nitrogens is 4. The van der Waals surface area contributed by atoms with Gasteiger partial charge in [0, 0.05) is 30.8 Å². The van der Waals surface area contributed by atoms with Gasteiger partial charge in [0.2, 0.25) is 5.89 Å². The third-order valence-corrected chi connectivity index (χ3v) is 5.84. The number of benzene rings is 1. The molecule has 0 aliphatic carbocycles. The SMILES string of the molecule is CC[C@@H]1CCCCN1C(=O)c1cccc(-n2nc(-c3nnc(C)o3)cc2CC(C)C)c1. The summed E-state index contributed by atoms with van der Waals surface area (Å²) in [6.45, 7) is 9.11. The standard InChI is InChI=1S/C24H31N5O2/c1-5-19-10-6-7-12-28(19)24(30)18-9-8-11-20(14-18)29-21(13-16(2)3)15-22(27-29)23-26-25-17(4)31-23/h8-9,11,14-16,19H,5-7,10,12-13H2,1-4H3/t19-/m1/s1. The molecule has 3 heterocycles. The Hall–Kier alpha value is -2.96. The number of amides is 1. The maximum Gasteiger partial charge on any atom is 0.268 e. The van der Waals surface area contributed by atoms with Crippen LogP contribution in [-0.2, 0) is 6.42 Å². The van der Waals surface area contributed by atoms with Crippen molar-refractivity contribution in [2.75, 3.05) is 6.54 Å². The minimum atomic E-state index is 0.110. The van der Waals surface area contributed by atoms with Crippen LogP contribution in [0.2, 0.25) is 0 Å². The topological polar surface area (TPSA) is 77.1 Å². The van der Waals surface area contributed by atoms with E-state index in [0.717, 1.165) is 43.6 Å². The van der Waals surface area contributed by atoms with Crippen molar-refractivity contribution in [3.8, 4) is 17.3 Å². The normalized spacial score (nSPS) is 16.8. The highest BCUT2D eigenvalue weighted by Gasteiger charge is 2.26. The van der Waals surface area contributed by atoms with Crippen LogP contribution in [-0.4, -0.2) is 43.4 Å². The minimum absolute atomic E-state index is 0.110. The van der Waals surface area contributed by atoms with Crippen LogP contribution in [0.5, 0.6) is 0 Å². The van der Waals surface area contributed by atoms with Gasteiger partial charge in [0.05, 0.1) is 5.69 Å². The Morgan fingerprint density at radius 1 is 1.23 bits per heavy atom. The second-order valence-corrected chi connectivity index (χ2v) is 8.76. The molecule has 7 heteroatoms. The van der Waals surface area contributed by atoms with E-state index in [4.69, 9.17) is 9.52 Å². The number of rotatable bonds is 6. The molecule has 0 N–H and O–H groups in total. The van der Waals surface area contributed by atoms with E-state index < -0.39 is 0 Å². The van der Waals surface area contributed by atoms with Crippen molar-refractivity contribution in [2.45, 2.75) is 65.8 Å². The number of nitrogens with zero attached hydrogens (tertiary/aromatic N) is 5. The molecule has 4 rings (SSSR count). The van der Waals surface area contributed by atoms with Crippen LogP contribution < -0.4 is 0 Å². The first kappa shape index (κ1) is 21.3. The second kappa shape index (κ2) is 9.04. The van der Waals surface area contributed by atoms with Crippen molar-refractivity contribution >= 4 is 5.91 Å². The maximum absolute atomic E-state index is 13.3. The summed E-state index contributed by atoms with van der Waals surface area (Å²) >= 11 is 0. The van der Waals surface area contributed by atoms with Crippen LogP contribution in [0, 0.1) is 12.8 Å². The smallest absolute Gasteiger partial charge is 0.268 e. The quantitative estimate of drug-likeness (QED) is 0.569. The largest absolute Gasteiger partial charge is 0.420 e. The predicted octanol–water partition coefficient (Wildman–Crippen LogP) is 4.83. The van der Waals surface area contributed by atoms with E-state index in [-0.39, 0.29) is 5.91 Å². The van der Waals surface area contributed by atoms with Crippen LogP contribution in [0.1, 0.15) is 68.4 Å². The monoisotopic (exact) mass is 421 g/mol. The Balaban J connectivity index is 1.69. The van der Waals surface area contributed by atoms with Crippen LogP contribution in [0.3, 0.4) is 0 Å². The summed E-state index contributed by atoms with van der Waals surface area (Å²) in [5.74, 6) is 1.48. The zero-order valence-electron chi connectivity index (χ0n) is 18.8. The van der Waals surface area contributed by atoms with E-state index in [1.807, 2.05) is 39.9 Å². The number of hydrogen-bond donors (Lipinski definition) is 0. The van der Waals surface area contributed by atoms with E-state index in [9.17, 15) is 4.79 Å². The molecular formula is C24H31N5O2. The third kappa shape index (κ3) is 4.55. The number of hydrogen-bond acceptors (Lipinski definition) is 5. The van der Waals surface area contributed by atoms with E-state index in [1.165, 1.54) is 6.42 Å². The van der Waals surface area contributed by atoms with Crippen LogP contribution in [0.25, 0.3) is 17.3 Å². The van der Waals surface area contributed by atoms with Gasteiger partial charge >= 0.3 is 0 Å². The van der Waals surface area contributed by atoms with Gasteiger partial charge in [-0.25, -0.2) is 4.68 Å². The molecule has 1 aliphatic rings. The molecule has 7 nitrogen and oxygen atoms in total. The molecule has 0 bridgehead atoms. The van der Waals surface area contributed by atoms with E-state index >= 15 is 0 Å². The molecule has 1 aliphatic heterocycles. The van der Waals surface area contributed by atoms with Crippen molar-refractivity contribution < 1.29 is 9.21 Å². The van der Waals surface area contributed by atoms with E-state index in [0.29, 0.717) is 35.0 Å². The van der Waals surface area contributed by atoms with Gasteiger partial charge in [-0.2, -0.15) is 5.10 Å². The Morgan fingerprint density at radius 3 is 2.77 bits per heavy atom. The number of aryl methyl sites for hydroxylation is 1. The van der Waals surface area contributed by atoms with Gasteiger partial charge in [0.25, 0.3) is 11.8 Å². The molecule has 2 aromatic heterocycles. The Kier molecular flexibility index (Phi) is 6.20. The van der Waals surface area contributed by atoms with E-state index in [1.54, 1.807) is 6.92 Å². The summed E-state index contributed by atoms with van der Waals surface area (Å²) in [5, 5.41) is 12.8. The summed E-state index contributed by atoms with van der Waals surface area (Å²) in [4.78, 5) is 15.4. The Bertz CT molecular complexity index is 1050. The van der Waals surface area contributed by atoms with Gasteiger partial charge in [-0.3, -0.25) is 4.79 Å². The maximum atomic E-state index is 13.3. The Morgan fingerprint density at radius 2 is 2.06 bits per heavy atom. The molecule has 1 aromatic carbocycles. The van der Waals surface area contributed by atoms with Crippen molar-refractivity contribution in [1.82, 2.24) is 24.9 Å². The number of likely N-dealkylation sites (tertiary alicyclic amines) is 1. The van der Waals surface area contributed by atoms with E-state index in [2.05, 4.69) is 31.0 Å². The molecule has 0 radical (unpaired) electrons. The highest BCUT2D eigenvalue weighted by molar-refractivity contribution is 5.95. The van der Waals surface area contributed by atoms with Crippen LogP contribution >= 0.6 is 0 Å². The molecule has 1 amide bonds. The van der Waals surface area contributed by atoms with Gasteiger partial charge in [-0.1, -0.05) is 26.8 Å². The van der Waals surface area contributed by atoms with Crippen molar-refractivity contribution in [2.24, 2.45) is 5.92 Å². The molecule has 0 unspecified atom stereocenters. The molecule has 0 saturated carbocycles. The van der Waals surface area contributed by atoms with Gasteiger partial charge in [-0.15, -0.1) is 10.2 Å². The molecule has 1 fully saturated rings. The lowest BCUT2D eigenvalue weighted by Gasteiger charge is -2.35. The third-order valence-electron chi connectivity index (χ3n) is 5.84. The average molecular weight is 422 g/mol. The predicted molar refractivity (Wildman–Crippen MR) is 119 cm³/mol. The van der Waals surface area contributed by atoms with Crippen molar-refractivity contribution in [1.29, 1.82) is 0 Å². The first-order chi connectivity index (χ1) is 15.0. The van der Waals surface area contributed by atoms with Crippen LogP contribution in [0.15, 0.2) is 34.7 Å². The molecular weight excluding hydrogens is 390 g/mol. The zero-order chi connectivity index (χ0) is 22.0. The average Bonchev–Trinajstić information content (AvgIpc) is 3.39. The fourth-order valence-electron chi connectivity index (χ4n) is 4.34. The van der Waals surface area contributed by atoms with Gasteiger partial charge in [0.15, 0.2) is 0 Å². The van der Waals surface area contributed by atoms with Crippen LogP contribution in [0.4, 0.5) is 0 Å². The fraction of sp³-hybridized carbons (Fsp3) is 0.500. The van der Waals surface area contributed by atoms with Gasteiger partial charge in [-0.05, 0) is 62.3 Å². The molecule has 3 aromatic rings. The number of carbonyl (C=O) groups is 1. The lowest BCUT2D eigenvalue weighted by atomic mass is 9.99. The summed E-state index contributed by atoms with van der Waals surface area (Å²) in [5.41, 5.74) is 3.28. The van der Waals surface area contributed by atoms with Gasteiger partial charge in [0.1, 0.15) is 5.69 Å². The summed E-state index contributed by atoms with van der Waals surface area (Å²) in [6.07, 6.45) is 5.21. The first-order valence-corrected chi connectivity index (χ1v) is 11.3. The highest BCUT2D eigenvalue weighted by atomic mass is 16.4. The lowest BCUT2D eigenvalue weighted by molar-refractivity contribution is 0.0608. The minimum Gasteiger partial charge on any atom is -0.420 e. The summed E-state index contributed by atoms with van der Waals surface area (Å²) < 4.78 is 7.49. The summed E-state index contributed by atoms with van der Waals surface area (Å²) in [7, 11) is 0. The molecule has 31 heavy (non-hydrogen) atoms. The first-order valence-electron chi connectivity index (χ1n) is 11.3. The molecule has 1 saturated heterocycles.